The fourth-order valence-corrected chi connectivity index (χ4v) is 3.96. The predicted octanol–water partition coefficient (Wildman–Crippen LogP) is 4.65. The molecule has 3 aromatic carbocycles. The number of nitro benzene ring substituents is 1. The highest BCUT2D eigenvalue weighted by atomic mass is 19.4. The Morgan fingerprint density at radius 3 is 2.00 bits per heavy atom. The van der Waals surface area contributed by atoms with Gasteiger partial charge in [0.1, 0.15) is 13.1 Å². The molecular formula is C24H18F3N3O4. The van der Waals surface area contributed by atoms with Crippen molar-refractivity contribution in [3.05, 3.63) is 98.7 Å². The zero-order valence-electron chi connectivity index (χ0n) is 17.7. The molecule has 34 heavy (non-hydrogen) atoms. The van der Waals surface area contributed by atoms with Gasteiger partial charge in [-0.25, -0.2) is 0 Å². The zero-order valence-corrected chi connectivity index (χ0v) is 17.7. The van der Waals surface area contributed by atoms with E-state index in [1.54, 1.807) is 48.5 Å². The first-order chi connectivity index (χ1) is 16.2. The van der Waals surface area contributed by atoms with Crippen molar-refractivity contribution in [1.29, 1.82) is 0 Å². The van der Waals surface area contributed by atoms with E-state index >= 15 is 0 Å². The summed E-state index contributed by atoms with van der Waals surface area (Å²) in [5.41, 5.74) is 0.165. The molecule has 1 aromatic heterocycles. The van der Waals surface area contributed by atoms with Crippen molar-refractivity contribution in [1.82, 2.24) is 9.47 Å². The molecule has 10 heteroatoms. The molecule has 0 bridgehead atoms. The second-order valence-corrected chi connectivity index (χ2v) is 7.70. The highest BCUT2D eigenvalue weighted by Crippen LogP contribution is 2.25. The van der Waals surface area contributed by atoms with E-state index in [9.17, 15) is 32.9 Å². The Hall–Kier alpha value is -4.21. The third kappa shape index (κ3) is 4.61. The van der Waals surface area contributed by atoms with Gasteiger partial charge < -0.3 is 9.47 Å². The van der Waals surface area contributed by atoms with Crippen molar-refractivity contribution < 1.29 is 22.9 Å². The first-order valence-corrected chi connectivity index (χ1v) is 10.2. The lowest BCUT2D eigenvalue weighted by Crippen LogP contribution is -2.40. The number of para-hydroxylation sites is 3. The molecule has 0 aliphatic heterocycles. The maximum Gasteiger partial charge on any atom is 0.406 e. The molecule has 0 radical (unpaired) electrons. The summed E-state index contributed by atoms with van der Waals surface area (Å²) in [7, 11) is 0. The Morgan fingerprint density at radius 2 is 1.44 bits per heavy atom. The van der Waals surface area contributed by atoms with Crippen LogP contribution in [0.1, 0.15) is 5.56 Å². The van der Waals surface area contributed by atoms with E-state index < -0.39 is 36.6 Å². The molecule has 0 fully saturated rings. The lowest BCUT2D eigenvalue weighted by atomic mass is 10.1. The van der Waals surface area contributed by atoms with E-state index in [0.29, 0.717) is 26.7 Å². The Labute approximate surface area is 190 Å². The van der Waals surface area contributed by atoms with E-state index in [1.165, 1.54) is 28.8 Å². The number of carbonyl (C=O) groups excluding carboxylic acids is 1. The predicted molar refractivity (Wildman–Crippen MR) is 120 cm³/mol. The Kier molecular flexibility index (Phi) is 6.06. The van der Waals surface area contributed by atoms with Gasteiger partial charge in [-0.15, -0.1) is 0 Å². The summed E-state index contributed by atoms with van der Waals surface area (Å²) in [6.07, 6.45) is -4.72. The molecule has 1 heterocycles. The van der Waals surface area contributed by atoms with Crippen LogP contribution in [0.4, 0.5) is 18.9 Å². The lowest BCUT2D eigenvalue weighted by Gasteiger charge is -2.25. The number of amides is 1. The Bertz CT molecular complexity index is 1400. The molecular weight excluding hydrogens is 451 g/mol. The summed E-state index contributed by atoms with van der Waals surface area (Å²) in [6, 6.07) is 18.4. The molecule has 0 aliphatic rings. The maximum absolute atomic E-state index is 13.3. The van der Waals surface area contributed by atoms with Crippen molar-refractivity contribution in [2.75, 3.05) is 6.54 Å². The van der Waals surface area contributed by atoms with Gasteiger partial charge in [-0.05, 0) is 24.3 Å². The minimum absolute atomic E-state index is 0.0141. The van der Waals surface area contributed by atoms with Gasteiger partial charge in [0.2, 0.25) is 5.91 Å². The van der Waals surface area contributed by atoms with Crippen LogP contribution in [0, 0.1) is 10.1 Å². The quantitative estimate of drug-likeness (QED) is 0.234. The number of benzene rings is 3. The molecule has 4 aromatic rings. The highest BCUT2D eigenvalue weighted by Gasteiger charge is 2.34. The number of alkyl halides is 3. The largest absolute Gasteiger partial charge is 0.406 e. The maximum atomic E-state index is 13.3. The third-order valence-corrected chi connectivity index (χ3v) is 5.44. The van der Waals surface area contributed by atoms with Crippen molar-refractivity contribution in [3.63, 3.8) is 0 Å². The topological polar surface area (TPSA) is 85.5 Å². The summed E-state index contributed by atoms with van der Waals surface area (Å²) in [5.74, 6) is -0.894. The van der Waals surface area contributed by atoms with Gasteiger partial charge in [0, 0.05) is 22.4 Å². The number of pyridine rings is 1. The normalized spacial score (nSPS) is 11.6. The van der Waals surface area contributed by atoms with Crippen molar-refractivity contribution >= 4 is 33.4 Å². The van der Waals surface area contributed by atoms with Gasteiger partial charge in [0.15, 0.2) is 5.43 Å². The summed E-state index contributed by atoms with van der Waals surface area (Å²) in [6.45, 7) is -2.66. The van der Waals surface area contributed by atoms with E-state index in [1.807, 2.05) is 0 Å². The van der Waals surface area contributed by atoms with E-state index in [2.05, 4.69) is 0 Å². The minimum Gasteiger partial charge on any atom is -0.331 e. The number of hydrogen-bond acceptors (Lipinski definition) is 4. The number of nitro groups is 1. The first-order valence-electron chi connectivity index (χ1n) is 10.2. The van der Waals surface area contributed by atoms with Gasteiger partial charge >= 0.3 is 6.18 Å². The van der Waals surface area contributed by atoms with Gasteiger partial charge in [0.25, 0.3) is 5.69 Å². The van der Waals surface area contributed by atoms with Crippen molar-refractivity contribution in [3.8, 4) is 0 Å². The van der Waals surface area contributed by atoms with Gasteiger partial charge in [-0.2, -0.15) is 13.2 Å². The van der Waals surface area contributed by atoms with Crippen LogP contribution in [0.3, 0.4) is 0 Å². The molecule has 7 nitrogen and oxygen atoms in total. The SMILES string of the molecule is O=C(Cn1c2ccccc2c(=O)c2ccccc21)N(Cc1ccccc1[N+](=O)[O-])CC(F)(F)F. The van der Waals surface area contributed by atoms with E-state index in [4.69, 9.17) is 0 Å². The fourth-order valence-electron chi connectivity index (χ4n) is 3.96. The molecule has 1 amide bonds. The van der Waals surface area contributed by atoms with Crippen LogP contribution in [0.25, 0.3) is 21.8 Å². The Balaban J connectivity index is 1.79. The Morgan fingerprint density at radius 1 is 0.912 bits per heavy atom. The molecule has 0 spiro atoms. The van der Waals surface area contributed by atoms with Crippen molar-refractivity contribution in [2.24, 2.45) is 0 Å². The van der Waals surface area contributed by atoms with Gasteiger partial charge in [-0.3, -0.25) is 19.7 Å². The monoisotopic (exact) mass is 469 g/mol. The molecule has 0 saturated heterocycles. The number of carbonyl (C=O) groups is 1. The smallest absolute Gasteiger partial charge is 0.331 e. The first kappa shape index (κ1) is 23.0. The average Bonchev–Trinajstić information content (AvgIpc) is 2.80. The minimum atomic E-state index is -4.72. The van der Waals surface area contributed by atoms with E-state index in [0.717, 1.165) is 0 Å². The summed E-state index contributed by atoms with van der Waals surface area (Å²) < 4.78 is 41.5. The molecule has 0 aliphatic carbocycles. The second kappa shape index (κ2) is 8.97. The zero-order chi connectivity index (χ0) is 24.5. The molecule has 174 valence electrons. The number of aromatic nitrogens is 1. The number of halogens is 3. The van der Waals surface area contributed by atoms with Crippen LogP contribution in [0.15, 0.2) is 77.6 Å². The summed E-state index contributed by atoms with van der Waals surface area (Å²) in [5, 5.41) is 12.0. The highest BCUT2D eigenvalue weighted by molar-refractivity contribution is 5.94. The van der Waals surface area contributed by atoms with E-state index in [-0.39, 0.29) is 16.7 Å². The average molecular weight is 469 g/mol. The number of fused-ring (bicyclic) bond motifs is 2. The standard InChI is InChI=1S/C24H18F3N3O4/c25-24(26,27)15-28(13-16-7-1-4-10-19(16)30(33)34)22(31)14-29-20-11-5-2-8-17(20)23(32)18-9-3-6-12-21(18)29/h1-12H,13-15H2. The van der Waals surface area contributed by atoms with Crippen LogP contribution in [-0.4, -0.2) is 33.0 Å². The number of nitrogens with zero attached hydrogens (tertiary/aromatic N) is 3. The molecule has 0 atom stereocenters. The summed E-state index contributed by atoms with van der Waals surface area (Å²) >= 11 is 0. The van der Waals surface area contributed by atoms with Crippen LogP contribution < -0.4 is 5.43 Å². The van der Waals surface area contributed by atoms with Crippen LogP contribution in [-0.2, 0) is 17.9 Å². The molecule has 4 rings (SSSR count). The fraction of sp³-hybridized carbons (Fsp3) is 0.167. The molecule has 0 N–H and O–H groups in total. The third-order valence-electron chi connectivity index (χ3n) is 5.44. The van der Waals surface area contributed by atoms with Crippen LogP contribution in [0.5, 0.6) is 0 Å². The number of rotatable bonds is 6. The van der Waals surface area contributed by atoms with Crippen LogP contribution in [0.2, 0.25) is 0 Å². The van der Waals surface area contributed by atoms with Gasteiger partial charge in [-0.1, -0.05) is 42.5 Å². The second-order valence-electron chi connectivity index (χ2n) is 7.70. The molecule has 0 saturated carbocycles. The van der Waals surface area contributed by atoms with Gasteiger partial charge in [0.05, 0.1) is 22.5 Å². The number of hydrogen-bond donors (Lipinski definition) is 0. The molecule has 0 unspecified atom stereocenters. The lowest BCUT2D eigenvalue weighted by molar-refractivity contribution is -0.385. The summed E-state index contributed by atoms with van der Waals surface area (Å²) in [4.78, 5) is 37.2. The van der Waals surface area contributed by atoms with Crippen LogP contribution >= 0.6 is 0 Å². The van der Waals surface area contributed by atoms with Crippen molar-refractivity contribution in [2.45, 2.75) is 19.3 Å².